The summed E-state index contributed by atoms with van der Waals surface area (Å²) in [5, 5.41) is 3.52. The lowest BCUT2D eigenvalue weighted by atomic mass is 9.87. The average molecular weight is 296 g/mol. The van der Waals surface area contributed by atoms with E-state index in [2.05, 4.69) is 17.0 Å². The Labute approximate surface area is 122 Å². The van der Waals surface area contributed by atoms with Crippen molar-refractivity contribution in [3.8, 4) is 0 Å². The first kappa shape index (κ1) is 15.3. The number of anilines is 1. The first-order valence-electron chi connectivity index (χ1n) is 7.23. The monoisotopic (exact) mass is 296 g/mol. The molecule has 0 aliphatic heterocycles. The van der Waals surface area contributed by atoms with Crippen LogP contribution in [0.2, 0.25) is 0 Å². The highest BCUT2D eigenvalue weighted by Crippen LogP contribution is 2.28. The fourth-order valence-corrected chi connectivity index (χ4v) is 3.58. The van der Waals surface area contributed by atoms with Crippen LogP contribution in [-0.4, -0.2) is 21.5 Å². The van der Waals surface area contributed by atoms with Gasteiger partial charge in [0.2, 0.25) is 10.0 Å². The van der Waals surface area contributed by atoms with Crippen LogP contribution in [0.15, 0.2) is 23.1 Å². The van der Waals surface area contributed by atoms with Gasteiger partial charge in [-0.1, -0.05) is 25.8 Å². The van der Waals surface area contributed by atoms with Gasteiger partial charge in [-0.05, 0) is 50.4 Å². The van der Waals surface area contributed by atoms with Crippen LogP contribution in [0.1, 0.15) is 38.2 Å². The van der Waals surface area contributed by atoms with Crippen molar-refractivity contribution in [3.63, 3.8) is 0 Å². The van der Waals surface area contributed by atoms with E-state index < -0.39 is 10.0 Å². The van der Waals surface area contributed by atoms with Gasteiger partial charge in [0.1, 0.15) is 0 Å². The van der Waals surface area contributed by atoms with Gasteiger partial charge in [-0.15, -0.1) is 0 Å². The topological polar surface area (TPSA) is 58.2 Å². The lowest BCUT2D eigenvalue weighted by Crippen LogP contribution is -2.26. The van der Waals surface area contributed by atoms with Crippen LogP contribution in [0.5, 0.6) is 0 Å². The second-order valence-corrected chi connectivity index (χ2v) is 7.68. The molecule has 2 rings (SSSR count). The van der Waals surface area contributed by atoms with Crippen LogP contribution in [0.25, 0.3) is 0 Å². The van der Waals surface area contributed by atoms with Crippen LogP contribution < -0.4 is 10.0 Å². The van der Waals surface area contributed by atoms with E-state index in [1.165, 1.54) is 19.9 Å². The lowest BCUT2D eigenvalue weighted by Gasteiger charge is -2.29. The Hall–Kier alpha value is -1.07. The van der Waals surface area contributed by atoms with Crippen LogP contribution in [-0.2, 0) is 10.0 Å². The van der Waals surface area contributed by atoms with Gasteiger partial charge in [0.15, 0.2) is 0 Å². The molecule has 1 aromatic rings. The van der Waals surface area contributed by atoms with E-state index in [4.69, 9.17) is 0 Å². The van der Waals surface area contributed by atoms with Crippen LogP contribution >= 0.6 is 0 Å². The Morgan fingerprint density at radius 1 is 1.25 bits per heavy atom. The summed E-state index contributed by atoms with van der Waals surface area (Å²) < 4.78 is 26.1. The predicted molar refractivity (Wildman–Crippen MR) is 82.5 cm³/mol. The molecule has 1 aromatic carbocycles. The van der Waals surface area contributed by atoms with E-state index >= 15 is 0 Å². The SMILES string of the molecule is CNS(=O)(=O)c1ccc(C)c(NC2CCCC(C)C2)c1. The van der Waals surface area contributed by atoms with Gasteiger partial charge < -0.3 is 5.32 Å². The summed E-state index contributed by atoms with van der Waals surface area (Å²) in [6, 6.07) is 5.69. The molecule has 20 heavy (non-hydrogen) atoms. The average Bonchev–Trinajstić information content (AvgIpc) is 2.41. The fraction of sp³-hybridized carbons (Fsp3) is 0.600. The minimum atomic E-state index is -3.38. The third-order valence-corrected chi connectivity index (χ3v) is 5.50. The van der Waals surface area contributed by atoms with Gasteiger partial charge in [-0.25, -0.2) is 13.1 Å². The maximum Gasteiger partial charge on any atom is 0.240 e. The molecule has 0 bridgehead atoms. The smallest absolute Gasteiger partial charge is 0.240 e. The van der Waals surface area contributed by atoms with Crippen LogP contribution in [0.4, 0.5) is 5.69 Å². The number of benzene rings is 1. The summed E-state index contributed by atoms with van der Waals surface area (Å²) in [5.74, 6) is 0.741. The molecule has 0 saturated heterocycles. The number of rotatable bonds is 4. The molecule has 1 saturated carbocycles. The Kier molecular flexibility index (Phi) is 4.70. The van der Waals surface area contributed by atoms with E-state index in [9.17, 15) is 8.42 Å². The summed E-state index contributed by atoms with van der Waals surface area (Å²) in [7, 11) is -1.94. The third kappa shape index (κ3) is 3.52. The van der Waals surface area contributed by atoms with Gasteiger partial charge in [-0.3, -0.25) is 0 Å². The molecule has 112 valence electrons. The third-order valence-electron chi connectivity index (χ3n) is 4.08. The van der Waals surface area contributed by atoms with Gasteiger partial charge in [0, 0.05) is 11.7 Å². The highest BCUT2D eigenvalue weighted by molar-refractivity contribution is 7.89. The first-order chi connectivity index (χ1) is 9.42. The number of sulfonamides is 1. The first-order valence-corrected chi connectivity index (χ1v) is 8.71. The summed E-state index contributed by atoms with van der Waals surface area (Å²) in [5.41, 5.74) is 2.01. The van der Waals surface area contributed by atoms with Crippen molar-refractivity contribution in [2.75, 3.05) is 12.4 Å². The van der Waals surface area contributed by atoms with E-state index in [1.807, 2.05) is 13.0 Å². The van der Waals surface area contributed by atoms with Crippen LogP contribution in [0.3, 0.4) is 0 Å². The lowest BCUT2D eigenvalue weighted by molar-refractivity contribution is 0.358. The molecule has 1 aliphatic carbocycles. The van der Waals surface area contributed by atoms with Gasteiger partial charge in [0.25, 0.3) is 0 Å². The quantitative estimate of drug-likeness (QED) is 0.898. The molecule has 1 aliphatic rings. The van der Waals surface area contributed by atoms with Crippen LogP contribution in [0, 0.1) is 12.8 Å². The Morgan fingerprint density at radius 3 is 2.65 bits per heavy atom. The van der Waals surface area contributed by atoms with E-state index in [0.29, 0.717) is 10.9 Å². The minimum Gasteiger partial charge on any atom is -0.382 e. The molecule has 0 spiro atoms. The second-order valence-electron chi connectivity index (χ2n) is 5.80. The molecule has 0 radical (unpaired) electrons. The predicted octanol–water partition coefficient (Wildman–Crippen LogP) is 2.89. The summed E-state index contributed by atoms with van der Waals surface area (Å²) in [6.07, 6.45) is 4.85. The molecule has 5 heteroatoms. The van der Waals surface area contributed by atoms with Crippen molar-refractivity contribution < 1.29 is 8.42 Å². The maximum atomic E-state index is 11.9. The fourth-order valence-electron chi connectivity index (χ4n) is 2.83. The molecule has 0 aromatic heterocycles. The Balaban J connectivity index is 2.21. The van der Waals surface area contributed by atoms with Crippen molar-refractivity contribution in [1.82, 2.24) is 4.72 Å². The van der Waals surface area contributed by atoms with Crippen molar-refractivity contribution in [3.05, 3.63) is 23.8 Å². The maximum absolute atomic E-state index is 11.9. The minimum absolute atomic E-state index is 0.317. The molecule has 0 heterocycles. The van der Waals surface area contributed by atoms with Gasteiger partial charge in [-0.2, -0.15) is 0 Å². The van der Waals surface area contributed by atoms with Gasteiger partial charge in [0.05, 0.1) is 4.90 Å². The normalized spacial score (nSPS) is 23.6. The molecule has 1 fully saturated rings. The summed E-state index contributed by atoms with van der Waals surface area (Å²) in [6.45, 7) is 4.28. The molecule has 0 amide bonds. The second kappa shape index (κ2) is 6.14. The van der Waals surface area contributed by atoms with Crippen molar-refractivity contribution in [2.45, 2.75) is 50.5 Å². The largest absolute Gasteiger partial charge is 0.382 e. The van der Waals surface area contributed by atoms with Crippen molar-refractivity contribution in [2.24, 2.45) is 5.92 Å². The van der Waals surface area contributed by atoms with E-state index in [1.54, 1.807) is 12.1 Å². The van der Waals surface area contributed by atoms with E-state index in [0.717, 1.165) is 30.0 Å². The Morgan fingerprint density at radius 2 is 2.00 bits per heavy atom. The number of hydrogen-bond acceptors (Lipinski definition) is 3. The number of nitrogens with one attached hydrogen (secondary N) is 2. The zero-order valence-electron chi connectivity index (χ0n) is 12.4. The zero-order valence-corrected chi connectivity index (χ0v) is 13.3. The highest BCUT2D eigenvalue weighted by atomic mass is 32.2. The molecular weight excluding hydrogens is 272 g/mol. The molecule has 2 atom stereocenters. The molecule has 4 nitrogen and oxygen atoms in total. The molecule has 2 unspecified atom stereocenters. The summed E-state index contributed by atoms with van der Waals surface area (Å²) >= 11 is 0. The highest BCUT2D eigenvalue weighted by Gasteiger charge is 2.20. The number of hydrogen-bond donors (Lipinski definition) is 2. The van der Waals surface area contributed by atoms with Crippen molar-refractivity contribution >= 4 is 15.7 Å². The molecular formula is C15H24N2O2S. The zero-order chi connectivity index (χ0) is 14.8. The van der Waals surface area contributed by atoms with Crippen molar-refractivity contribution in [1.29, 1.82) is 0 Å². The Bertz CT molecular complexity index is 569. The number of aryl methyl sites for hydroxylation is 1. The summed E-state index contributed by atoms with van der Waals surface area (Å²) in [4.78, 5) is 0.317. The van der Waals surface area contributed by atoms with E-state index in [-0.39, 0.29) is 0 Å². The standard InChI is InChI=1S/C15H24N2O2S/c1-11-5-4-6-13(9-11)17-15-10-14(8-7-12(15)2)20(18,19)16-3/h7-8,10-11,13,16-17H,4-6,9H2,1-3H3. The van der Waals surface area contributed by atoms with Gasteiger partial charge >= 0.3 is 0 Å². The molecule has 2 N–H and O–H groups in total.